The zero-order chi connectivity index (χ0) is 21.5. The van der Waals surface area contributed by atoms with Crippen LogP contribution in [-0.4, -0.2) is 26.1 Å². The molecule has 6 heteroatoms. The molecule has 32 heavy (non-hydrogen) atoms. The predicted molar refractivity (Wildman–Crippen MR) is 130 cm³/mol. The number of benzene rings is 1. The topological polar surface area (TPSA) is 81.7 Å². The van der Waals surface area contributed by atoms with Crippen LogP contribution in [0.5, 0.6) is 0 Å². The quantitative estimate of drug-likeness (QED) is 0.464. The Morgan fingerprint density at radius 3 is 3.03 bits per heavy atom. The Labute approximate surface area is 188 Å². The van der Waals surface area contributed by atoms with Crippen LogP contribution in [0.1, 0.15) is 55.7 Å². The number of pyridine rings is 1. The summed E-state index contributed by atoms with van der Waals surface area (Å²) in [5.74, 6) is 2.41. The van der Waals surface area contributed by atoms with Crippen molar-refractivity contribution in [3.63, 3.8) is 0 Å². The van der Waals surface area contributed by atoms with Gasteiger partial charge in [0.15, 0.2) is 0 Å². The Hall–Kier alpha value is -3.15. The summed E-state index contributed by atoms with van der Waals surface area (Å²) in [5, 5.41) is 5.74. The Morgan fingerprint density at radius 1 is 1.09 bits per heavy atom. The first-order valence-corrected chi connectivity index (χ1v) is 12.0. The lowest BCUT2D eigenvalue weighted by molar-refractivity contribution is 0.461. The molecule has 0 saturated heterocycles. The third-order valence-corrected chi connectivity index (χ3v) is 7.41. The van der Waals surface area contributed by atoms with E-state index in [1.807, 2.05) is 0 Å². The molecule has 1 aromatic carbocycles. The fourth-order valence-electron chi connectivity index (χ4n) is 5.62. The fraction of sp³-hybridized carbons (Fsp3) is 0.423. The molecule has 0 amide bonds. The molecule has 4 aromatic rings. The highest BCUT2D eigenvalue weighted by Crippen LogP contribution is 2.39. The summed E-state index contributed by atoms with van der Waals surface area (Å²) in [6.07, 6.45) is 13.3. The molecule has 2 unspecified atom stereocenters. The maximum absolute atomic E-state index is 6.02. The van der Waals surface area contributed by atoms with E-state index in [0.29, 0.717) is 11.9 Å². The van der Waals surface area contributed by atoms with E-state index in [-0.39, 0.29) is 0 Å². The van der Waals surface area contributed by atoms with E-state index < -0.39 is 0 Å². The fourth-order valence-corrected chi connectivity index (χ4v) is 5.62. The van der Waals surface area contributed by atoms with E-state index in [1.165, 1.54) is 55.0 Å². The van der Waals surface area contributed by atoms with Gasteiger partial charge in [-0.25, -0.2) is 15.0 Å². The highest BCUT2D eigenvalue weighted by molar-refractivity contribution is 5.86. The molecule has 6 rings (SSSR count). The average molecular weight is 427 g/mol. The van der Waals surface area contributed by atoms with Crippen LogP contribution in [0.25, 0.3) is 21.9 Å². The Bertz CT molecular complexity index is 1280. The molecule has 6 nitrogen and oxygen atoms in total. The molecule has 4 heterocycles. The largest absolute Gasteiger partial charge is 0.383 e. The van der Waals surface area contributed by atoms with Crippen LogP contribution < -0.4 is 11.1 Å². The minimum Gasteiger partial charge on any atom is -0.383 e. The van der Waals surface area contributed by atoms with Gasteiger partial charge < -0.3 is 15.6 Å². The molecule has 1 fully saturated rings. The summed E-state index contributed by atoms with van der Waals surface area (Å²) in [4.78, 5) is 13.6. The van der Waals surface area contributed by atoms with Gasteiger partial charge in [-0.15, -0.1) is 0 Å². The number of hydrogen-bond acceptors (Lipinski definition) is 5. The van der Waals surface area contributed by atoms with Gasteiger partial charge in [-0.2, -0.15) is 0 Å². The predicted octanol–water partition coefficient (Wildman–Crippen LogP) is 5.28. The smallest absolute Gasteiger partial charge is 0.145 e. The standard InChI is InChI=1S/C26H30N6/c27-24-22-10-12-32(26(22)30-16-29-24)21-9-7-17(13-21)4-5-18-6-8-19-15-20-3-1-2-11-28-25(20)31-23(19)14-18/h6,8,10,12,14-17,21H,1-5,7,9,11,13H2,(H,28,31)(H2,27,29,30). The summed E-state index contributed by atoms with van der Waals surface area (Å²) in [6, 6.07) is 11.7. The summed E-state index contributed by atoms with van der Waals surface area (Å²) in [7, 11) is 0. The highest BCUT2D eigenvalue weighted by Gasteiger charge is 2.27. The van der Waals surface area contributed by atoms with Gasteiger partial charge in [-0.1, -0.05) is 12.1 Å². The molecule has 164 valence electrons. The molecule has 0 bridgehead atoms. The first-order chi connectivity index (χ1) is 15.7. The van der Waals surface area contributed by atoms with Gasteiger partial charge in [0.05, 0.1) is 10.9 Å². The first kappa shape index (κ1) is 19.5. The van der Waals surface area contributed by atoms with Gasteiger partial charge in [-0.3, -0.25) is 0 Å². The molecular weight excluding hydrogens is 396 g/mol. The number of nitrogens with zero attached hydrogens (tertiary/aromatic N) is 4. The highest BCUT2D eigenvalue weighted by atomic mass is 15.1. The van der Waals surface area contributed by atoms with Gasteiger partial charge in [-0.05, 0) is 86.6 Å². The van der Waals surface area contributed by atoms with Gasteiger partial charge in [0.2, 0.25) is 0 Å². The summed E-state index contributed by atoms with van der Waals surface area (Å²) in [5.41, 5.74) is 10.9. The molecule has 3 aromatic heterocycles. The summed E-state index contributed by atoms with van der Waals surface area (Å²) >= 11 is 0. The third-order valence-electron chi connectivity index (χ3n) is 7.41. The number of hydrogen-bond donors (Lipinski definition) is 2. The maximum atomic E-state index is 6.02. The van der Waals surface area contributed by atoms with Crippen molar-refractivity contribution in [2.45, 2.75) is 57.4 Å². The molecule has 1 saturated carbocycles. The Balaban J connectivity index is 1.14. The number of rotatable bonds is 4. The Kier molecular flexibility index (Phi) is 4.93. The zero-order valence-electron chi connectivity index (χ0n) is 18.4. The van der Waals surface area contributed by atoms with E-state index in [1.54, 1.807) is 6.33 Å². The molecular formula is C26H30N6. The van der Waals surface area contributed by atoms with Gasteiger partial charge in [0.25, 0.3) is 0 Å². The number of nitrogen functional groups attached to an aromatic ring is 1. The Morgan fingerprint density at radius 2 is 2.06 bits per heavy atom. The van der Waals surface area contributed by atoms with Crippen LogP contribution in [-0.2, 0) is 12.8 Å². The van der Waals surface area contributed by atoms with Gasteiger partial charge >= 0.3 is 0 Å². The minimum atomic E-state index is 0.506. The number of nitrogens with two attached hydrogens (primary N) is 1. The normalized spacial score (nSPS) is 20.9. The van der Waals surface area contributed by atoms with Gasteiger partial charge in [0.1, 0.15) is 23.6 Å². The summed E-state index contributed by atoms with van der Waals surface area (Å²) in [6.45, 7) is 1.03. The number of aryl methyl sites for hydroxylation is 2. The monoisotopic (exact) mass is 426 g/mol. The molecule has 1 aliphatic carbocycles. The minimum absolute atomic E-state index is 0.506. The van der Waals surface area contributed by atoms with Crippen molar-refractivity contribution in [3.05, 3.63) is 54.0 Å². The number of aromatic nitrogens is 4. The van der Waals surface area contributed by atoms with E-state index in [9.17, 15) is 0 Å². The van der Waals surface area contributed by atoms with Crippen LogP contribution in [0.15, 0.2) is 42.9 Å². The van der Waals surface area contributed by atoms with Crippen molar-refractivity contribution in [1.29, 1.82) is 0 Å². The second-order valence-electron chi connectivity index (χ2n) is 9.50. The second kappa shape index (κ2) is 8.08. The maximum Gasteiger partial charge on any atom is 0.145 e. The molecule has 0 spiro atoms. The van der Waals surface area contributed by atoms with Crippen molar-refractivity contribution in [2.24, 2.45) is 5.92 Å². The molecule has 1 aliphatic heterocycles. The molecule has 2 aliphatic rings. The van der Waals surface area contributed by atoms with Crippen LogP contribution in [0.4, 0.5) is 11.6 Å². The van der Waals surface area contributed by atoms with E-state index in [4.69, 9.17) is 10.7 Å². The van der Waals surface area contributed by atoms with E-state index in [0.717, 1.165) is 47.7 Å². The lowest BCUT2D eigenvalue weighted by Gasteiger charge is -2.15. The van der Waals surface area contributed by atoms with Crippen molar-refractivity contribution in [2.75, 3.05) is 17.6 Å². The lowest BCUT2D eigenvalue weighted by Crippen LogP contribution is -2.06. The molecule has 2 atom stereocenters. The molecule has 3 N–H and O–H groups in total. The second-order valence-corrected chi connectivity index (χ2v) is 9.50. The zero-order valence-corrected chi connectivity index (χ0v) is 18.4. The van der Waals surface area contributed by atoms with Crippen LogP contribution in [0.2, 0.25) is 0 Å². The van der Waals surface area contributed by atoms with Crippen molar-refractivity contribution in [3.8, 4) is 0 Å². The van der Waals surface area contributed by atoms with Crippen LogP contribution >= 0.6 is 0 Å². The van der Waals surface area contributed by atoms with Crippen molar-refractivity contribution >= 4 is 33.6 Å². The average Bonchev–Trinajstić information content (AvgIpc) is 3.39. The summed E-state index contributed by atoms with van der Waals surface area (Å²) < 4.78 is 2.31. The molecule has 0 radical (unpaired) electrons. The van der Waals surface area contributed by atoms with Crippen LogP contribution in [0.3, 0.4) is 0 Å². The SMILES string of the molecule is Nc1ncnc2c1ccn2C1CCC(CCc2ccc3cc4c(nc3c2)NCCCC4)C1. The van der Waals surface area contributed by atoms with Gasteiger partial charge in [0, 0.05) is 24.2 Å². The van der Waals surface area contributed by atoms with Crippen LogP contribution in [0, 0.1) is 5.92 Å². The lowest BCUT2D eigenvalue weighted by atomic mass is 9.97. The van der Waals surface area contributed by atoms with E-state index >= 15 is 0 Å². The van der Waals surface area contributed by atoms with Crippen molar-refractivity contribution in [1.82, 2.24) is 19.5 Å². The number of nitrogens with one attached hydrogen (secondary N) is 1. The first-order valence-electron chi connectivity index (χ1n) is 12.0. The van der Waals surface area contributed by atoms with Crippen molar-refractivity contribution < 1.29 is 0 Å². The van der Waals surface area contributed by atoms with E-state index in [2.05, 4.69) is 56.4 Å². The number of fused-ring (bicyclic) bond motifs is 3. The third kappa shape index (κ3) is 3.57. The number of anilines is 2.